The van der Waals surface area contributed by atoms with E-state index in [0.29, 0.717) is 45.0 Å². The zero-order valence-corrected chi connectivity index (χ0v) is 14.9. The van der Waals surface area contributed by atoms with Gasteiger partial charge in [-0.15, -0.1) is 0 Å². The molecule has 0 radical (unpaired) electrons. The van der Waals surface area contributed by atoms with Crippen LogP contribution in [0.15, 0.2) is 54.7 Å². The number of aromatic hydroxyl groups is 1. The number of para-hydroxylation sites is 1. The molecule has 2 aromatic carbocycles. The normalized spacial score (nSPS) is 10.8. The molecule has 0 fully saturated rings. The molecule has 0 aliphatic carbocycles. The van der Waals surface area contributed by atoms with Crippen molar-refractivity contribution in [2.45, 2.75) is 0 Å². The molecule has 8 heteroatoms. The van der Waals surface area contributed by atoms with Gasteiger partial charge in [-0.3, -0.25) is 10.2 Å². The number of hydrogen-bond acceptors (Lipinski definition) is 6. The zero-order valence-electron chi connectivity index (χ0n) is 14.9. The molecule has 8 nitrogen and oxygen atoms in total. The number of nitrogen functional groups attached to an aromatic ring is 1. The van der Waals surface area contributed by atoms with E-state index < -0.39 is 5.91 Å². The van der Waals surface area contributed by atoms with Gasteiger partial charge in [-0.2, -0.15) is 0 Å². The Balaban J connectivity index is 1.83. The minimum atomic E-state index is -0.397. The third kappa shape index (κ3) is 2.91. The number of phenolic OH excluding ortho intramolecular Hbond substituents is 1. The summed E-state index contributed by atoms with van der Waals surface area (Å²) >= 11 is 0. The number of carbonyl (C=O) groups is 1. The number of H-pyrrole nitrogens is 1. The molecule has 0 saturated heterocycles. The third-order valence-corrected chi connectivity index (χ3v) is 4.42. The van der Waals surface area contributed by atoms with E-state index in [1.54, 1.807) is 42.6 Å². The fraction of sp³-hybridized carbons (Fsp3) is 0.0500. The number of fused-ring (bicyclic) bond motifs is 1. The number of carbonyl (C=O) groups excluding carboxylic acids is 1. The van der Waals surface area contributed by atoms with Crippen LogP contribution < -0.4 is 16.0 Å². The van der Waals surface area contributed by atoms with E-state index in [-0.39, 0.29) is 5.75 Å². The minimum Gasteiger partial charge on any atom is -0.507 e. The van der Waals surface area contributed by atoms with E-state index in [1.165, 1.54) is 7.11 Å². The van der Waals surface area contributed by atoms with E-state index in [1.807, 2.05) is 12.1 Å². The number of nitrogens with zero attached hydrogens (tertiary/aromatic N) is 2. The number of benzene rings is 2. The van der Waals surface area contributed by atoms with Crippen LogP contribution in [-0.2, 0) is 0 Å². The molecule has 0 spiro atoms. The summed E-state index contributed by atoms with van der Waals surface area (Å²) < 4.78 is 5.30. The second-order valence-electron chi connectivity index (χ2n) is 6.05. The molecular formula is C20H17N5O3. The summed E-state index contributed by atoms with van der Waals surface area (Å²) in [6.45, 7) is 0. The Bertz CT molecular complexity index is 1190. The largest absolute Gasteiger partial charge is 0.507 e. The van der Waals surface area contributed by atoms with Gasteiger partial charge < -0.3 is 14.8 Å². The number of methoxy groups -OCH3 is 1. The van der Waals surface area contributed by atoms with Crippen molar-refractivity contribution >= 4 is 16.9 Å². The summed E-state index contributed by atoms with van der Waals surface area (Å²) in [7, 11) is 1.53. The van der Waals surface area contributed by atoms with Crippen molar-refractivity contribution in [3.63, 3.8) is 0 Å². The molecule has 0 unspecified atom stereocenters. The Labute approximate surface area is 160 Å². The smallest absolute Gasteiger partial charge is 0.265 e. The van der Waals surface area contributed by atoms with Crippen LogP contribution in [-0.4, -0.2) is 33.1 Å². The number of hydrogen-bond donors (Lipinski definition) is 4. The van der Waals surface area contributed by atoms with E-state index in [0.717, 1.165) is 0 Å². The molecule has 0 aliphatic heterocycles. The predicted octanol–water partition coefficient (Wildman–Crippen LogP) is 2.61. The van der Waals surface area contributed by atoms with Gasteiger partial charge >= 0.3 is 0 Å². The van der Waals surface area contributed by atoms with Crippen LogP contribution in [0.1, 0.15) is 10.4 Å². The Kier molecular flexibility index (Phi) is 4.38. The summed E-state index contributed by atoms with van der Waals surface area (Å²) in [4.78, 5) is 23.6. The summed E-state index contributed by atoms with van der Waals surface area (Å²) in [5.41, 5.74) is 5.58. The van der Waals surface area contributed by atoms with Crippen molar-refractivity contribution in [3.05, 3.63) is 60.3 Å². The van der Waals surface area contributed by atoms with Crippen LogP contribution >= 0.6 is 0 Å². The van der Waals surface area contributed by atoms with E-state index >= 15 is 0 Å². The molecule has 0 aliphatic rings. The fourth-order valence-electron chi connectivity index (χ4n) is 3.07. The Morgan fingerprint density at radius 3 is 2.71 bits per heavy atom. The lowest BCUT2D eigenvalue weighted by molar-refractivity contribution is 0.0954. The number of ether oxygens (including phenoxy) is 1. The molecule has 140 valence electrons. The number of hydrazine groups is 1. The second-order valence-corrected chi connectivity index (χ2v) is 6.05. The number of rotatable bonds is 4. The fourth-order valence-corrected chi connectivity index (χ4v) is 3.07. The molecule has 0 bridgehead atoms. The van der Waals surface area contributed by atoms with Crippen molar-refractivity contribution in [2.75, 3.05) is 7.11 Å². The highest BCUT2D eigenvalue weighted by Gasteiger charge is 2.17. The quantitative estimate of drug-likeness (QED) is 0.247. The SMILES string of the molecule is COc1ncccc1-c1cccc(-c2nc3ccc(C(=O)NN)cc3[nH]2)c1O. The number of amides is 1. The first-order valence-electron chi connectivity index (χ1n) is 8.45. The van der Waals surface area contributed by atoms with Gasteiger partial charge in [0.15, 0.2) is 0 Å². The minimum absolute atomic E-state index is 0.0489. The van der Waals surface area contributed by atoms with Crippen LogP contribution in [0.25, 0.3) is 33.5 Å². The highest BCUT2D eigenvalue weighted by Crippen LogP contribution is 2.40. The monoisotopic (exact) mass is 375 g/mol. The second kappa shape index (κ2) is 7.01. The van der Waals surface area contributed by atoms with Gasteiger partial charge in [-0.25, -0.2) is 15.8 Å². The molecule has 0 atom stereocenters. The molecule has 2 aromatic heterocycles. The van der Waals surface area contributed by atoms with Crippen molar-refractivity contribution in [1.29, 1.82) is 0 Å². The number of imidazole rings is 1. The number of aromatic amines is 1. The number of nitrogens with one attached hydrogen (secondary N) is 2. The first kappa shape index (κ1) is 17.5. The van der Waals surface area contributed by atoms with Gasteiger partial charge in [0, 0.05) is 22.9 Å². The molecule has 4 rings (SSSR count). The highest BCUT2D eigenvalue weighted by atomic mass is 16.5. The number of nitrogens with two attached hydrogens (primary N) is 1. The molecule has 2 heterocycles. The lowest BCUT2D eigenvalue weighted by Gasteiger charge is -2.11. The zero-order chi connectivity index (χ0) is 19.7. The topological polar surface area (TPSA) is 126 Å². The highest BCUT2D eigenvalue weighted by molar-refractivity contribution is 5.97. The first-order valence-corrected chi connectivity index (χ1v) is 8.45. The number of aromatic nitrogens is 3. The Morgan fingerprint density at radius 2 is 1.93 bits per heavy atom. The van der Waals surface area contributed by atoms with Gasteiger partial charge in [-0.05, 0) is 36.4 Å². The van der Waals surface area contributed by atoms with Crippen LogP contribution in [0.5, 0.6) is 11.6 Å². The van der Waals surface area contributed by atoms with Crippen LogP contribution in [0.2, 0.25) is 0 Å². The Hall–Kier alpha value is -3.91. The van der Waals surface area contributed by atoms with Crippen LogP contribution in [0.4, 0.5) is 0 Å². The van der Waals surface area contributed by atoms with Gasteiger partial charge in [0.25, 0.3) is 5.91 Å². The number of phenols is 1. The molecule has 0 saturated carbocycles. The van der Waals surface area contributed by atoms with Crippen LogP contribution in [0, 0.1) is 0 Å². The Morgan fingerprint density at radius 1 is 1.14 bits per heavy atom. The van der Waals surface area contributed by atoms with Crippen molar-refractivity contribution < 1.29 is 14.6 Å². The van der Waals surface area contributed by atoms with E-state index in [9.17, 15) is 9.90 Å². The first-order chi connectivity index (χ1) is 13.6. The van der Waals surface area contributed by atoms with Crippen molar-refractivity contribution in [2.24, 2.45) is 5.84 Å². The average molecular weight is 375 g/mol. The lowest BCUT2D eigenvalue weighted by atomic mass is 10.0. The maximum Gasteiger partial charge on any atom is 0.265 e. The maximum atomic E-state index is 11.7. The van der Waals surface area contributed by atoms with Gasteiger partial charge in [0.1, 0.15) is 11.6 Å². The standard InChI is InChI=1S/C20H17N5O3/c1-28-20-13(6-3-9-22-20)12-4-2-5-14(17(12)26)18-23-15-8-7-11(19(27)25-21)10-16(15)24-18/h2-10,26H,21H2,1H3,(H,23,24)(H,25,27). The van der Waals surface area contributed by atoms with Gasteiger partial charge in [-0.1, -0.05) is 12.1 Å². The number of pyridine rings is 1. The molecular weight excluding hydrogens is 358 g/mol. The van der Waals surface area contributed by atoms with Crippen LogP contribution in [0.3, 0.4) is 0 Å². The van der Waals surface area contributed by atoms with Crippen molar-refractivity contribution in [1.82, 2.24) is 20.4 Å². The third-order valence-electron chi connectivity index (χ3n) is 4.42. The molecule has 4 aromatic rings. The van der Waals surface area contributed by atoms with E-state index in [2.05, 4.69) is 20.4 Å². The average Bonchev–Trinajstić information content (AvgIpc) is 3.16. The summed E-state index contributed by atoms with van der Waals surface area (Å²) in [5, 5.41) is 10.9. The van der Waals surface area contributed by atoms with Gasteiger partial charge in [0.05, 0.1) is 23.7 Å². The van der Waals surface area contributed by atoms with Crippen molar-refractivity contribution in [3.8, 4) is 34.1 Å². The predicted molar refractivity (Wildman–Crippen MR) is 105 cm³/mol. The molecule has 1 amide bonds. The van der Waals surface area contributed by atoms with Gasteiger partial charge in [0.2, 0.25) is 5.88 Å². The summed E-state index contributed by atoms with van der Waals surface area (Å²) in [6, 6.07) is 13.9. The summed E-state index contributed by atoms with van der Waals surface area (Å²) in [6.07, 6.45) is 1.62. The molecule has 5 N–H and O–H groups in total. The van der Waals surface area contributed by atoms with E-state index in [4.69, 9.17) is 10.6 Å². The lowest BCUT2D eigenvalue weighted by Crippen LogP contribution is -2.29. The summed E-state index contributed by atoms with van der Waals surface area (Å²) in [5.74, 6) is 5.73. The molecule has 28 heavy (non-hydrogen) atoms. The maximum absolute atomic E-state index is 11.7.